The first-order chi connectivity index (χ1) is 10.0. The number of ether oxygens (including phenoxy) is 1. The van der Waals surface area contributed by atoms with Crippen molar-refractivity contribution in [3.63, 3.8) is 0 Å². The van der Waals surface area contributed by atoms with Gasteiger partial charge in [0.05, 0.1) is 18.4 Å². The zero-order valence-corrected chi connectivity index (χ0v) is 13.2. The van der Waals surface area contributed by atoms with Gasteiger partial charge in [0.1, 0.15) is 5.75 Å². The summed E-state index contributed by atoms with van der Waals surface area (Å²) >= 11 is 0. The van der Waals surface area contributed by atoms with Gasteiger partial charge in [0.2, 0.25) is 0 Å². The molecule has 4 nitrogen and oxygen atoms in total. The van der Waals surface area contributed by atoms with Crippen LogP contribution in [0.2, 0.25) is 0 Å². The molecule has 0 aromatic heterocycles. The highest BCUT2D eigenvalue weighted by Crippen LogP contribution is 2.43. The summed E-state index contributed by atoms with van der Waals surface area (Å²) in [6.45, 7) is 6.33. The van der Waals surface area contributed by atoms with Crippen LogP contribution in [0.4, 0.5) is 5.69 Å². The SMILES string of the molecule is CCCC1(CCC)CN(c2cc(OC)ccc2C(=O)O)C1. The Morgan fingerprint density at radius 2 is 1.90 bits per heavy atom. The Morgan fingerprint density at radius 3 is 2.38 bits per heavy atom. The molecule has 0 amide bonds. The predicted molar refractivity (Wildman–Crippen MR) is 84.4 cm³/mol. The Bertz CT molecular complexity index is 499. The van der Waals surface area contributed by atoms with Gasteiger partial charge in [-0.3, -0.25) is 0 Å². The van der Waals surface area contributed by atoms with Crippen molar-refractivity contribution < 1.29 is 14.6 Å². The number of methoxy groups -OCH3 is 1. The van der Waals surface area contributed by atoms with E-state index in [-0.39, 0.29) is 0 Å². The number of carbonyl (C=O) groups is 1. The molecule has 1 N–H and O–H groups in total. The maximum absolute atomic E-state index is 11.4. The molecule has 4 heteroatoms. The standard InChI is InChI=1S/C17H25NO3/c1-4-8-17(9-5-2)11-18(12-17)15-10-13(21-3)6-7-14(15)16(19)20/h6-7,10H,4-5,8-9,11-12H2,1-3H3,(H,19,20). The van der Waals surface area contributed by atoms with Crippen LogP contribution in [-0.2, 0) is 0 Å². The van der Waals surface area contributed by atoms with Gasteiger partial charge in [0, 0.05) is 24.6 Å². The van der Waals surface area contributed by atoms with E-state index in [0.29, 0.717) is 16.7 Å². The number of carboxylic acid groups (broad SMARTS) is 1. The van der Waals surface area contributed by atoms with Crippen LogP contribution in [0.1, 0.15) is 49.9 Å². The van der Waals surface area contributed by atoms with Gasteiger partial charge >= 0.3 is 5.97 Å². The van der Waals surface area contributed by atoms with Crippen LogP contribution in [0.3, 0.4) is 0 Å². The van der Waals surface area contributed by atoms with Crippen molar-refractivity contribution in [3.8, 4) is 5.75 Å². The van der Waals surface area contributed by atoms with Gasteiger partial charge in [-0.25, -0.2) is 4.79 Å². The van der Waals surface area contributed by atoms with Crippen molar-refractivity contribution >= 4 is 11.7 Å². The molecule has 0 unspecified atom stereocenters. The average Bonchev–Trinajstić information content (AvgIpc) is 2.43. The van der Waals surface area contributed by atoms with Crippen LogP contribution in [0.15, 0.2) is 18.2 Å². The van der Waals surface area contributed by atoms with E-state index in [2.05, 4.69) is 18.7 Å². The third-order valence-corrected chi connectivity index (χ3v) is 4.39. The first-order valence-electron chi connectivity index (χ1n) is 7.71. The largest absolute Gasteiger partial charge is 0.497 e. The number of carboxylic acids is 1. The van der Waals surface area contributed by atoms with Crippen LogP contribution in [0, 0.1) is 5.41 Å². The van der Waals surface area contributed by atoms with Crippen molar-refractivity contribution in [2.45, 2.75) is 39.5 Å². The van der Waals surface area contributed by atoms with E-state index < -0.39 is 5.97 Å². The van der Waals surface area contributed by atoms with E-state index in [4.69, 9.17) is 4.74 Å². The van der Waals surface area contributed by atoms with Crippen molar-refractivity contribution in [1.82, 2.24) is 0 Å². The van der Waals surface area contributed by atoms with Crippen molar-refractivity contribution in [1.29, 1.82) is 0 Å². The quantitative estimate of drug-likeness (QED) is 0.830. The summed E-state index contributed by atoms with van der Waals surface area (Å²) in [6, 6.07) is 5.18. The number of hydrogen-bond donors (Lipinski definition) is 1. The highest BCUT2D eigenvalue weighted by molar-refractivity contribution is 5.95. The summed E-state index contributed by atoms with van der Waals surface area (Å²) in [6.07, 6.45) is 4.78. The fraction of sp³-hybridized carbons (Fsp3) is 0.588. The number of anilines is 1. The first-order valence-corrected chi connectivity index (χ1v) is 7.71. The fourth-order valence-electron chi connectivity index (χ4n) is 3.52. The summed E-state index contributed by atoms with van der Waals surface area (Å²) in [4.78, 5) is 13.6. The second-order valence-corrected chi connectivity index (χ2v) is 6.04. The van der Waals surface area contributed by atoms with Gasteiger partial charge < -0.3 is 14.7 Å². The molecule has 1 aliphatic rings. The zero-order valence-electron chi connectivity index (χ0n) is 13.2. The molecule has 1 aromatic rings. The Kier molecular flexibility index (Phi) is 4.76. The molecule has 1 aromatic carbocycles. The van der Waals surface area contributed by atoms with Crippen molar-refractivity contribution in [2.75, 3.05) is 25.1 Å². The van der Waals surface area contributed by atoms with Crippen LogP contribution in [-0.4, -0.2) is 31.3 Å². The second kappa shape index (κ2) is 6.37. The van der Waals surface area contributed by atoms with Crippen molar-refractivity contribution in [3.05, 3.63) is 23.8 Å². The molecule has 1 saturated heterocycles. The van der Waals surface area contributed by atoms with E-state index in [9.17, 15) is 9.90 Å². The maximum atomic E-state index is 11.4. The fourth-order valence-corrected chi connectivity index (χ4v) is 3.52. The Hall–Kier alpha value is -1.71. The lowest BCUT2D eigenvalue weighted by Crippen LogP contribution is -2.56. The molecule has 1 fully saturated rings. The molecule has 0 radical (unpaired) electrons. The summed E-state index contributed by atoms with van der Waals surface area (Å²) in [5.74, 6) is -0.172. The molecular weight excluding hydrogens is 266 g/mol. The Balaban J connectivity index is 2.21. The molecule has 0 aliphatic carbocycles. The lowest BCUT2D eigenvalue weighted by atomic mass is 9.72. The van der Waals surface area contributed by atoms with Gasteiger partial charge in [-0.2, -0.15) is 0 Å². The third kappa shape index (κ3) is 3.14. The molecule has 21 heavy (non-hydrogen) atoms. The van der Waals surface area contributed by atoms with Crippen LogP contribution >= 0.6 is 0 Å². The number of benzene rings is 1. The molecule has 0 bridgehead atoms. The monoisotopic (exact) mass is 291 g/mol. The van der Waals surface area contributed by atoms with E-state index >= 15 is 0 Å². The van der Waals surface area contributed by atoms with E-state index in [1.807, 2.05) is 6.07 Å². The first kappa shape index (κ1) is 15.7. The average molecular weight is 291 g/mol. The molecule has 1 heterocycles. The zero-order chi connectivity index (χ0) is 15.5. The molecule has 1 aliphatic heterocycles. The van der Waals surface area contributed by atoms with Crippen LogP contribution < -0.4 is 9.64 Å². The lowest BCUT2D eigenvalue weighted by molar-refractivity contribution is 0.0696. The summed E-state index contributed by atoms with van der Waals surface area (Å²) in [7, 11) is 1.61. The van der Waals surface area contributed by atoms with Gasteiger partial charge in [-0.15, -0.1) is 0 Å². The van der Waals surface area contributed by atoms with Gasteiger partial charge in [0.15, 0.2) is 0 Å². The van der Waals surface area contributed by atoms with Crippen molar-refractivity contribution in [2.24, 2.45) is 5.41 Å². The topological polar surface area (TPSA) is 49.8 Å². The molecular formula is C17H25NO3. The molecule has 2 rings (SSSR count). The molecule has 0 spiro atoms. The molecule has 0 saturated carbocycles. The predicted octanol–water partition coefficient (Wildman–Crippen LogP) is 3.80. The minimum atomic E-state index is -0.879. The molecule has 0 atom stereocenters. The van der Waals surface area contributed by atoms with Crippen LogP contribution in [0.25, 0.3) is 0 Å². The lowest BCUT2D eigenvalue weighted by Gasteiger charge is -2.52. The summed E-state index contributed by atoms with van der Waals surface area (Å²) < 4.78 is 5.24. The minimum absolute atomic E-state index is 0.359. The minimum Gasteiger partial charge on any atom is -0.497 e. The number of nitrogens with zero attached hydrogens (tertiary/aromatic N) is 1. The number of rotatable bonds is 7. The van der Waals surface area contributed by atoms with Gasteiger partial charge in [-0.1, -0.05) is 26.7 Å². The number of aromatic carboxylic acids is 1. The Morgan fingerprint density at radius 1 is 1.29 bits per heavy atom. The van der Waals surface area contributed by atoms with E-state index in [1.165, 1.54) is 25.7 Å². The Labute approximate surface area is 126 Å². The van der Waals surface area contributed by atoms with Gasteiger partial charge in [-0.05, 0) is 25.0 Å². The summed E-state index contributed by atoms with van der Waals surface area (Å²) in [5.41, 5.74) is 1.50. The molecule has 116 valence electrons. The van der Waals surface area contributed by atoms with E-state index in [0.717, 1.165) is 18.8 Å². The maximum Gasteiger partial charge on any atom is 0.337 e. The van der Waals surface area contributed by atoms with E-state index in [1.54, 1.807) is 19.2 Å². The number of hydrogen-bond acceptors (Lipinski definition) is 3. The summed E-state index contributed by atoms with van der Waals surface area (Å²) in [5, 5.41) is 9.37. The second-order valence-electron chi connectivity index (χ2n) is 6.04. The third-order valence-electron chi connectivity index (χ3n) is 4.39. The highest BCUT2D eigenvalue weighted by atomic mass is 16.5. The highest BCUT2D eigenvalue weighted by Gasteiger charge is 2.42. The smallest absolute Gasteiger partial charge is 0.337 e. The van der Waals surface area contributed by atoms with Gasteiger partial charge in [0.25, 0.3) is 0 Å². The van der Waals surface area contributed by atoms with Crippen LogP contribution in [0.5, 0.6) is 5.75 Å². The normalized spacial score (nSPS) is 16.4.